The van der Waals surface area contributed by atoms with Crippen LogP contribution in [0.1, 0.15) is 38.3 Å². The highest BCUT2D eigenvalue weighted by molar-refractivity contribution is 14.1. The molecule has 4 nitrogen and oxygen atoms in total. The zero-order valence-corrected chi connectivity index (χ0v) is 16.4. The molecule has 1 amide bonds. The SMILES string of the molecule is CCOCCC(C)(C)OC(=O)N1CCc2ccc(I)cc2CC1. The van der Waals surface area contributed by atoms with Crippen molar-refractivity contribution in [2.45, 2.75) is 45.6 Å². The highest BCUT2D eigenvalue weighted by Gasteiger charge is 2.27. The maximum absolute atomic E-state index is 12.5. The molecule has 0 spiro atoms. The minimum Gasteiger partial charge on any atom is -0.443 e. The number of rotatable bonds is 5. The van der Waals surface area contributed by atoms with E-state index in [2.05, 4.69) is 40.8 Å². The largest absolute Gasteiger partial charge is 0.443 e. The fourth-order valence-corrected chi connectivity index (χ4v) is 3.25. The Kier molecular flexibility index (Phi) is 6.71. The fourth-order valence-electron chi connectivity index (χ4n) is 2.69. The number of halogens is 1. The quantitative estimate of drug-likeness (QED) is 0.522. The molecule has 0 saturated heterocycles. The second kappa shape index (κ2) is 8.33. The Morgan fingerprint density at radius 1 is 1.26 bits per heavy atom. The number of amides is 1. The average Bonchev–Trinajstić information content (AvgIpc) is 2.69. The first-order valence-electron chi connectivity index (χ1n) is 8.24. The maximum Gasteiger partial charge on any atom is 0.410 e. The second-order valence-corrected chi connectivity index (χ2v) is 7.72. The predicted octanol–water partition coefficient (Wildman–Crippen LogP) is 4.03. The maximum atomic E-state index is 12.5. The van der Waals surface area contributed by atoms with E-state index in [1.165, 1.54) is 14.7 Å². The Morgan fingerprint density at radius 2 is 1.96 bits per heavy atom. The molecule has 0 aliphatic carbocycles. The Bertz CT molecular complexity index is 545. The van der Waals surface area contributed by atoms with Crippen LogP contribution in [-0.2, 0) is 22.3 Å². The molecule has 5 heteroatoms. The van der Waals surface area contributed by atoms with Crippen LogP contribution in [-0.4, -0.2) is 42.9 Å². The van der Waals surface area contributed by atoms with Gasteiger partial charge in [0.2, 0.25) is 0 Å². The van der Waals surface area contributed by atoms with Crippen molar-refractivity contribution in [1.82, 2.24) is 4.90 Å². The topological polar surface area (TPSA) is 38.8 Å². The van der Waals surface area contributed by atoms with Crippen LogP contribution in [0.2, 0.25) is 0 Å². The molecule has 0 fully saturated rings. The lowest BCUT2D eigenvalue weighted by atomic mass is 10.0. The molecule has 0 atom stereocenters. The standard InChI is InChI=1S/C18H26INO3/c1-4-22-12-9-18(2,3)23-17(21)20-10-7-14-5-6-16(19)13-15(14)8-11-20/h5-6,13H,4,7-12H2,1-3H3. The number of nitrogens with zero attached hydrogens (tertiary/aromatic N) is 1. The molecular weight excluding hydrogens is 405 g/mol. The Labute approximate surface area is 152 Å². The van der Waals surface area contributed by atoms with Crippen LogP contribution in [0, 0.1) is 3.57 Å². The van der Waals surface area contributed by atoms with Gasteiger partial charge in [-0.15, -0.1) is 0 Å². The molecule has 23 heavy (non-hydrogen) atoms. The summed E-state index contributed by atoms with van der Waals surface area (Å²) in [5, 5.41) is 0. The predicted molar refractivity (Wildman–Crippen MR) is 99.8 cm³/mol. The lowest BCUT2D eigenvalue weighted by Gasteiger charge is -2.29. The van der Waals surface area contributed by atoms with Crippen molar-refractivity contribution in [1.29, 1.82) is 0 Å². The van der Waals surface area contributed by atoms with Crippen LogP contribution >= 0.6 is 22.6 Å². The second-order valence-electron chi connectivity index (χ2n) is 6.47. The summed E-state index contributed by atoms with van der Waals surface area (Å²) in [6, 6.07) is 6.53. The Balaban J connectivity index is 1.91. The molecule has 0 saturated carbocycles. The van der Waals surface area contributed by atoms with Gasteiger partial charge in [-0.2, -0.15) is 0 Å². The van der Waals surface area contributed by atoms with Crippen molar-refractivity contribution < 1.29 is 14.3 Å². The number of ether oxygens (including phenoxy) is 2. The Morgan fingerprint density at radius 3 is 2.65 bits per heavy atom. The van der Waals surface area contributed by atoms with E-state index >= 15 is 0 Å². The van der Waals surface area contributed by atoms with Gasteiger partial charge in [0.05, 0.1) is 6.61 Å². The molecule has 128 valence electrons. The number of hydrogen-bond acceptors (Lipinski definition) is 3. The van der Waals surface area contributed by atoms with Crippen molar-refractivity contribution in [3.05, 3.63) is 32.9 Å². The van der Waals surface area contributed by atoms with Gasteiger partial charge in [-0.05, 0) is 79.5 Å². The molecule has 1 aliphatic heterocycles. The number of carbonyl (C=O) groups is 1. The zero-order chi connectivity index (χ0) is 16.9. The summed E-state index contributed by atoms with van der Waals surface area (Å²) >= 11 is 2.33. The van der Waals surface area contributed by atoms with Gasteiger partial charge in [0.25, 0.3) is 0 Å². The van der Waals surface area contributed by atoms with Crippen LogP contribution in [0.3, 0.4) is 0 Å². The summed E-state index contributed by atoms with van der Waals surface area (Å²) in [7, 11) is 0. The summed E-state index contributed by atoms with van der Waals surface area (Å²) in [6.45, 7) is 8.59. The minimum absolute atomic E-state index is 0.214. The molecule has 0 radical (unpaired) electrons. The van der Waals surface area contributed by atoms with Crippen LogP contribution in [0.5, 0.6) is 0 Å². The van der Waals surface area contributed by atoms with E-state index in [0.717, 1.165) is 12.8 Å². The molecule has 0 unspecified atom stereocenters. The van der Waals surface area contributed by atoms with Crippen molar-refractivity contribution >= 4 is 28.7 Å². The highest BCUT2D eigenvalue weighted by atomic mass is 127. The molecule has 1 aliphatic rings. The van der Waals surface area contributed by atoms with E-state index in [-0.39, 0.29) is 6.09 Å². The number of fused-ring (bicyclic) bond motifs is 1. The van der Waals surface area contributed by atoms with Gasteiger partial charge in [0.1, 0.15) is 5.60 Å². The highest BCUT2D eigenvalue weighted by Crippen LogP contribution is 2.21. The first-order chi connectivity index (χ1) is 10.9. The lowest BCUT2D eigenvalue weighted by molar-refractivity contribution is -0.00825. The van der Waals surface area contributed by atoms with Crippen molar-refractivity contribution in [2.75, 3.05) is 26.3 Å². The molecule has 2 rings (SSSR count). The van der Waals surface area contributed by atoms with E-state index in [9.17, 15) is 4.79 Å². The monoisotopic (exact) mass is 431 g/mol. The first-order valence-corrected chi connectivity index (χ1v) is 9.32. The van der Waals surface area contributed by atoms with Crippen molar-refractivity contribution in [2.24, 2.45) is 0 Å². The molecule has 0 aromatic heterocycles. The lowest BCUT2D eigenvalue weighted by Crippen LogP contribution is -2.40. The molecule has 1 aromatic rings. The first kappa shape index (κ1) is 18.5. The van der Waals surface area contributed by atoms with Gasteiger partial charge in [0, 0.05) is 29.7 Å². The van der Waals surface area contributed by atoms with Crippen LogP contribution in [0.4, 0.5) is 4.79 Å². The van der Waals surface area contributed by atoms with Gasteiger partial charge in [-0.25, -0.2) is 4.79 Å². The number of hydrogen-bond donors (Lipinski definition) is 0. The third-order valence-corrected chi connectivity index (χ3v) is 4.82. The van der Waals surface area contributed by atoms with Gasteiger partial charge >= 0.3 is 6.09 Å². The Hall–Kier alpha value is -0.820. The van der Waals surface area contributed by atoms with Gasteiger partial charge in [0.15, 0.2) is 0 Å². The van der Waals surface area contributed by atoms with E-state index in [4.69, 9.17) is 9.47 Å². The van der Waals surface area contributed by atoms with E-state index in [1.807, 2.05) is 25.7 Å². The molecular formula is C18H26INO3. The van der Waals surface area contributed by atoms with E-state index < -0.39 is 5.60 Å². The average molecular weight is 431 g/mol. The molecule has 0 bridgehead atoms. The van der Waals surface area contributed by atoms with Crippen molar-refractivity contribution in [3.8, 4) is 0 Å². The molecule has 0 N–H and O–H groups in total. The summed E-state index contributed by atoms with van der Waals surface area (Å²) in [4.78, 5) is 14.3. The summed E-state index contributed by atoms with van der Waals surface area (Å²) in [5.74, 6) is 0. The van der Waals surface area contributed by atoms with Crippen LogP contribution in [0.25, 0.3) is 0 Å². The van der Waals surface area contributed by atoms with E-state index in [1.54, 1.807) is 0 Å². The minimum atomic E-state index is -0.499. The van der Waals surface area contributed by atoms with Crippen LogP contribution < -0.4 is 0 Å². The van der Waals surface area contributed by atoms with Crippen LogP contribution in [0.15, 0.2) is 18.2 Å². The number of carbonyl (C=O) groups excluding carboxylic acids is 1. The summed E-state index contributed by atoms with van der Waals surface area (Å²) in [5.41, 5.74) is 2.19. The van der Waals surface area contributed by atoms with Gasteiger partial charge in [-0.3, -0.25) is 0 Å². The van der Waals surface area contributed by atoms with Gasteiger partial charge < -0.3 is 14.4 Å². The normalized spacial score (nSPS) is 15.0. The fraction of sp³-hybridized carbons (Fsp3) is 0.611. The van der Waals surface area contributed by atoms with Crippen molar-refractivity contribution in [3.63, 3.8) is 0 Å². The smallest absolute Gasteiger partial charge is 0.410 e. The van der Waals surface area contributed by atoms with E-state index in [0.29, 0.717) is 32.7 Å². The number of benzene rings is 1. The summed E-state index contributed by atoms with van der Waals surface area (Å²) in [6.07, 6.45) is 2.27. The third-order valence-electron chi connectivity index (χ3n) is 4.14. The molecule has 1 heterocycles. The summed E-state index contributed by atoms with van der Waals surface area (Å²) < 4.78 is 12.3. The third kappa shape index (κ3) is 5.64. The van der Waals surface area contributed by atoms with Gasteiger partial charge in [-0.1, -0.05) is 6.07 Å². The zero-order valence-electron chi connectivity index (χ0n) is 14.2. The molecule has 1 aromatic carbocycles.